The smallest absolute Gasteiger partial charge is 0.407 e. The van der Waals surface area contributed by atoms with Crippen LogP contribution in [0.2, 0.25) is 10.0 Å². The van der Waals surface area contributed by atoms with Gasteiger partial charge < -0.3 is 19.7 Å². The van der Waals surface area contributed by atoms with Crippen molar-refractivity contribution in [3.63, 3.8) is 0 Å². The molecule has 0 aliphatic carbocycles. The number of fused-ring (bicyclic) bond motifs is 1. The molecule has 2 heterocycles. The fourth-order valence-corrected chi connectivity index (χ4v) is 5.35. The summed E-state index contributed by atoms with van der Waals surface area (Å²) in [6, 6.07) is 11.6. The Kier molecular flexibility index (Phi) is 7.90. The van der Waals surface area contributed by atoms with Crippen molar-refractivity contribution in [1.29, 1.82) is 0 Å². The van der Waals surface area contributed by atoms with Crippen LogP contribution in [0.25, 0.3) is 0 Å². The Morgan fingerprint density at radius 2 is 1.86 bits per heavy atom. The fourth-order valence-electron chi connectivity index (χ4n) is 4.57. The highest BCUT2D eigenvalue weighted by Crippen LogP contribution is 2.44. The number of nitrogens with one attached hydrogen (secondary N) is 1. The molecule has 0 saturated carbocycles. The number of carbonyl (C=O) groups is 3. The van der Waals surface area contributed by atoms with Gasteiger partial charge in [0.05, 0.1) is 12.2 Å². The Labute approximate surface area is 221 Å². The summed E-state index contributed by atoms with van der Waals surface area (Å²) < 4.78 is 11.5. The maximum atomic E-state index is 13.9. The van der Waals surface area contributed by atoms with Crippen molar-refractivity contribution in [2.45, 2.75) is 30.9 Å². The lowest BCUT2D eigenvalue weighted by Crippen LogP contribution is -2.47. The van der Waals surface area contributed by atoms with Gasteiger partial charge in [0.15, 0.2) is 0 Å². The van der Waals surface area contributed by atoms with Gasteiger partial charge in [0.1, 0.15) is 11.6 Å². The molecule has 35 heavy (non-hydrogen) atoms. The second-order valence-corrected chi connectivity index (χ2v) is 10.3. The molecule has 2 aliphatic heterocycles. The number of alkyl carbamates (subject to hydrolysis) is 1. The molecule has 0 bridgehead atoms. The first-order valence-corrected chi connectivity index (χ1v) is 12.6. The molecule has 4 amide bonds. The Morgan fingerprint density at radius 3 is 2.51 bits per heavy atom. The molecule has 1 N–H and O–H groups in total. The number of imide groups is 1. The number of anilines is 1. The number of amides is 4. The second kappa shape index (κ2) is 10.7. The van der Waals surface area contributed by atoms with Crippen LogP contribution in [-0.4, -0.2) is 61.4 Å². The van der Waals surface area contributed by atoms with E-state index >= 15 is 0 Å². The SMILES string of the molecule is COCCCNC(=O)O[C@H]1CN2C(=O)N(c3cc(Cl)cc(Cl)c3)C(=O)[C@]2(Cc2ccc(Br)cc2)C1. The minimum atomic E-state index is -1.21. The number of rotatable bonds is 8. The summed E-state index contributed by atoms with van der Waals surface area (Å²) in [5, 5.41) is 3.30. The molecule has 2 atom stereocenters. The molecule has 0 unspecified atom stereocenters. The van der Waals surface area contributed by atoms with E-state index in [2.05, 4.69) is 21.2 Å². The van der Waals surface area contributed by atoms with Gasteiger partial charge >= 0.3 is 12.1 Å². The third-order valence-electron chi connectivity index (χ3n) is 6.08. The molecule has 2 fully saturated rings. The van der Waals surface area contributed by atoms with Crippen molar-refractivity contribution in [1.82, 2.24) is 10.2 Å². The summed E-state index contributed by atoms with van der Waals surface area (Å²) >= 11 is 15.7. The standard InChI is InChI=1S/C24H24BrCl2N3O5/c1-34-8-2-7-28-22(32)35-20-13-24(12-15-3-5-16(25)6-4-15)21(31)30(23(33)29(24)14-20)19-10-17(26)9-18(27)11-19/h3-6,9-11,20H,2,7-8,12-14H2,1H3,(H,28,32)/t20-,24+/m1/s1. The van der Waals surface area contributed by atoms with Crippen LogP contribution in [0.15, 0.2) is 46.9 Å². The van der Waals surface area contributed by atoms with E-state index < -0.39 is 29.7 Å². The number of nitrogens with zero attached hydrogens (tertiary/aromatic N) is 2. The van der Waals surface area contributed by atoms with E-state index in [-0.39, 0.29) is 19.4 Å². The van der Waals surface area contributed by atoms with Gasteiger partial charge in [0.25, 0.3) is 5.91 Å². The van der Waals surface area contributed by atoms with E-state index in [9.17, 15) is 14.4 Å². The first-order chi connectivity index (χ1) is 16.7. The normalized spacial score (nSPS) is 21.4. The summed E-state index contributed by atoms with van der Waals surface area (Å²) in [5.74, 6) is -0.407. The number of carbonyl (C=O) groups excluding carboxylic acids is 3. The van der Waals surface area contributed by atoms with E-state index in [0.717, 1.165) is 14.9 Å². The van der Waals surface area contributed by atoms with Gasteiger partial charge in [0, 0.05) is 47.6 Å². The van der Waals surface area contributed by atoms with E-state index in [0.29, 0.717) is 35.3 Å². The van der Waals surface area contributed by atoms with Gasteiger partial charge in [0.2, 0.25) is 0 Å². The predicted molar refractivity (Wildman–Crippen MR) is 136 cm³/mol. The van der Waals surface area contributed by atoms with Gasteiger partial charge in [-0.3, -0.25) is 4.79 Å². The van der Waals surface area contributed by atoms with Crippen molar-refractivity contribution >= 4 is 62.9 Å². The lowest BCUT2D eigenvalue weighted by Gasteiger charge is -2.28. The van der Waals surface area contributed by atoms with Crippen LogP contribution >= 0.6 is 39.1 Å². The molecular formula is C24H24BrCl2N3O5. The highest BCUT2D eigenvalue weighted by molar-refractivity contribution is 9.10. The molecule has 2 aliphatic rings. The summed E-state index contributed by atoms with van der Waals surface area (Å²) in [6.45, 7) is 1.01. The molecule has 2 aromatic rings. The van der Waals surface area contributed by atoms with Gasteiger partial charge in [-0.25, -0.2) is 14.5 Å². The molecule has 8 nitrogen and oxygen atoms in total. The van der Waals surface area contributed by atoms with Crippen LogP contribution in [-0.2, 0) is 20.7 Å². The third-order valence-corrected chi connectivity index (χ3v) is 7.04. The number of halogens is 3. The average Bonchev–Trinajstić information content (AvgIpc) is 3.24. The average molecular weight is 585 g/mol. The highest BCUT2D eigenvalue weighted by Gasteiger charge is 2.63. The van der Waals surface area contributed by atoms with Gasteiger partial charge in [-0.15, -0.1) is 0 Å². The Morgan fingerprint density at radius 1 is 1.17 bits per heavy atom. The number of ether oxygens (including phenoxy) is 2. The second-order valence-electron chi connectivity index (χ2n) is 8.50. The number of hydrogen-bond donors (Lipinski definition) is 1. The predicted octanol–water partition coefficient (Wildman–Crippen LogP) is 5.04. The summed E-state index contributed by atoms with van der Waals surface area (Å²) in [7, 11) is 1.59. The molecule has 4 rings (SSSR count). The molecular weight excluding hydrogens is 561 g/mol. The molecule has 2 aromatic carbocycles. The maximum Gasteiger partial charge on any atom is 0.407 e. The zero-order valence-electron chi connectivity index (χ0n) is 18.9. The Hall–Kier alpha value is -2.33. The van der Waals surface area contributed by atoms with Crippen molar-refractivity contribution in [2.24, 2.45) is 0 Å². The quantitative estimate of drug-likeness (QED) is 0.347. The molecule has 2 saturated heterocycles. The van der Waals surface area contributed by atoms with Crippen molar-refractivity contribution in [2.75, 3.05) is 31.7 Å². The van der Waals surface area contributed by atoms with Gasteiger partial charge in [-0.1, -0.05) is 51.3 Å². The maximum absolute atomic E-state index is 13.9. The van der Waals surface area contributed by atoms with Crippen molar-refractivity contribution in [3.05, 3.63) is 62.5 Å². The van der Waals surface area contributed by atoms with E-state index in [1.807, 2.05) is 24.3 Å². The lowest BCUT2D eigenvalue weighted by atomic mass is 9.87. The summed E-state index contributed by atoms with van der Waals surface area (Å²) in [5.41, 5.74) is -0.0359. The van der Waals surface area contributed by atoms with Crippen LogP contribution in [0, 0.1) is 0 Å². The molecule has 0 spiro atoms. The highest BCUT2D eigenvalue weighted by atomic mass is 79.9. The van der Waals surface area contributed by atoms with Crippen LogP contribution in [0.3, 0.4) is 0 Å². The van der Waals surface area contributed by atoms with Crippen LogP contribution < -0.4 is 10.2 Å². The monoisotopic (exact) mass is 583 g/mol. The van der Waals surface area contributed by atoms with E-state index in [1.54, 1.807) is 7.11 Å². The number of hydrogen-bond acceptors (Lipinski definition) is 5. The van der Waals surface area contributed by atoms with E-state index in [1.165, 1.54) is 23.1 Å². The minimum absolute atomic E-state index is 0.0946. The van der Waals surface area contributed by atoms with Gasteiger partial charge in [-0.05, 0) is 42.3 Å². The third kappa shape index (κ3) is 5.43. The van der Waals surface area contributed by atoms with Crippen LogP contribution in [0.5, 0.6) is 0 Å². The Bertz CT molecular complexity index is 1110. The van der Waals surface area contributed by atoms with E-state index in [4.69, 9.17) is 32.7 Å². The zero-order valence-corrected chi connectivity index (χ0v) is 22.0. The topological polar surface area (TPSA) is 88.2 Å². The summed E-state index contributed by atoms with van der Waals surface area (Å²) in [6.07, 6.45) is -0.144. The molecule has 186 valence electrons. The molecule has 0 aromatic heterocycles. The Balaban J connectivity index is 1.60. The largest absolute Gasteiger partial charge is 0.444 e. The van der Waals surface area contributed by atoms with Gasteiger partial charge in [-0.2, -0.15) is 0 Å². The number of urea groups is 1. The lowest BCUT2D eigenvalue weighted by molar-refractivity contribution is -0.124. The molecule has 0 radical (unpaired) electrons. The number of methoxy groups -OCH3 is 1. The van der Waals surface area contributed by atoms with Crippen LogP contribution in [0.1, 0.15) is 18.4 Å². The first kappa shape index (κ1) is 25.8. The summed E-state index contributed by atoms with van der Waals surface area (Å²) in [4.78, 5) is 42.3. The zero-order chi connectivity index (χ0) is 25.2. The van der Waals surface area contributed by atoms with Crippen LogP contribution in [0.4, 0.5) is 15.3 Å². The van der Waals surface area contributed by atoms with Crippen molar-refractivity contribution in [3.8, 4) is 0 Å². The fraction of sp³-hybridized carbons (Fsp3) is 0.375. The minimum Gasteiger partial charge on any atom is -0.444 e. The number of benzene rings is 2. The van der Waals surface area contributed by atoms with Crippen molar-refractivity contribution < 1.29 is 23.9 Å². The first-order valence-electron chi connectivity index (χ1n) is 11.0. The molecule has 11 heteroatoms.